The lowest BCUT2D eigenvalue weighted by molar-refractivity contribution is -0.116. The van der Waals surface area contributed by atoms with Crippen molar-refractivity contribution in [3.63, 3.8) is 0 Å². The molecule has 0 saturated heterocycles. The fourth-order valence-electron chi connectivity index (χ4n) is 3.51. The summed E-state index contributed by atoms with van der Waals surface area (Å²) in [5.74, 6) is 0.260. The summed E-state index contributed by atoms with van der Waals surface area (Å²) < 4.78 is 5.23. The van der Waals surface area contributed by atoms with Gasteiger partial charge in [-0.3, -0.25) is 4.79 Å². The molecule has 1 fully saturated rings. The van der Waals surface area contributed by atoms with Gasteiger partial charge in [-0.25, -0.2) is 4.79 Å². The molecule has 0 spiro atoms. The van der Waals surface area contributed by atoms with Gasteiger partial charge in [-0.05, 0) is 24.8 Å². The van der Waals surface area contributed by atoms with E-state index in [1.165, 1.54) is 37.0 Å². The van der Waals surface area contributed by atoms with Crippen LogP contribution in [-0.2, 0) is 9.53 Å². The summed E-state index contributed by atoms with van der Waals surface area (Å²) in [7, 11) is 0. The fraction of sp³-hybridized carbons (Fsp3) is 0.429. The number of nitrogens with one attached hydrogen (secondary N) is 1. The van der Waals surface area contributed by atoms with Gasteiger partial charge in [-0.2, -0.15) is 0 Å². The number of carbonyl (C=O) groups excluding carboxylic acids is 2. The zero-order valence-corrected chi connectivity index (χ0v) is 15.9. The van der Waals surface area contributed by atoms with Crippen molar-refractivity contribution in [2.45, 2.75) is 45.4 Å². The minimum absolute atomic E-state index is 0.0242. The molecule has 2 aromatic rings. The molecule has 1 aromatic heterocycles. The fourth-order valence-corrected chi connectivity index (χ4v) is 4.48. The van der Waals surface area contributed by atoms with Crippen molar-refractivity contribution in [3.8, 4) is 11.1 Å². The van der Waals surface area contributed by atoms with Gasteiger partial charge >= 0.3 is 5.97 Å². The minimum atomic E-state index is -0.390. The lowest BCUT2D eigenvalue weighted by Crippen LogP contribution is -2.15. The van der Waals surface area contributed by atoms with Crippen LogP contribution in [0.15, 0.2) is 35.7 Å². The molecule has 1 aliphatic rings. The Balaban J connectivity index is 1.76. The summed E-state index contributed by atoms with van der Waals surface area (Å²) in [6, 6.07) is 9.71. The van der Waals surface area contributed by atoms with Gasteiger partial charge in [0.1, 0.15) is 10.6 Å². The number of carbonyl (C=O) groups is 2. The molecule has 3 rings (SSSR count). The van der Waals surface area contributed by atoms with Crippen molar-refractivity contribution >= 4 is 28.2 Å². The number of ether oxygens (including phenoxy) is 1. The van der Waals surface area contributed by atoms with Crippen molar-refractivity contribution in [2.75, 3.05) is 11.9 Å². The van der Waals surface area contributed by atoms with E-state index in [-0.39, 0.29) is 5.91 Å². The van der Waals surface area contributed by atoms with Gasteiger partial charge in [-0.1, -0.05) is 56.0 Å². The first-order valence-corrected chi connectivity index (χ1v) is 10.2. The maximum atomic E-state index is 12.5. The molecule has 1 heterocycles. The number of thiophene rings is 1. The topological polar surface area (TPSA) is 55.4 Å². The Bertz CT molecular complexity index is 748. The summed E-state index contributed by atoms with van der Waals surface area (Å²) in [4.78, 5) is 24.9. The highest BCUT2D eigenvalue weighted by molar-refractivity contribution is 7.15. The zero-order valence-electron chi connectivity index (χ0n) is 15.1. The van der Waals surface area contributed by atoms with Crippen LogP contribution in [0.25, 0.3) is 11.1 Å². The lowest BCUT2D eigenvalue weighted by Gasteiger charge is -2.10. The second-order valence-corrected chi connectivity index (χ2v) is 7.56. The SMILES string of the molecule is CCOC(=O)c1c(-c2ccccc2)csc1NC(=O)CCC1CCCC1. The Hall–Kier alpha value is -2.14. The molecule has 0 aliphatic heterocycles. The van der Waals surface area contributed by atoms with Gasteiger partial charge in [0.05, 0.1) is 6.61 Å². The first kappa shape index (κ1) is 18.6. The summed E-state index contributed by atoms with van der Waals surface area (Å²) in [5.41, 5.74) is 2.20. The highest BCUT2D eigenvalue weighted by atomic mass is 32.1. The molecule has 0 radical (unpaired) electrons. The van der Waals surface area contributed by atoms with Crippen LogP contribution in [0.3, 0.4) is 0 Å². The van der Waals surface area contributed by atoms with E-state index in [0.29, 0.717) is 29.5 Å². The van der Waals surface area contributed by atoms with E-state index in [1.54, 1.807) is 6.92 Å². The van der Waals surface area contributed by atoms with Gasteiger partial charge in [0.2, 0.25) is 5.91 Å². The highest BCUT2D eigenvalue weighted by Crippen LogP contribution is 2.36. The summed E-state index contributed by atoms with van der Waals surface area (Å²) in [5, 5.41) is 5.44. The first-order valence-electron chi connectivity index (χ1n) is 9.33. The largest absolute Gasteiger partial charge is 0.462 e. The molecule has 0 bridgehead atoms. The van der Waals surface area contributed by atoms with Gasteiger partial charge < -0.3 is 10.1 Å². The van der Waals surface area contributed by atoms with Crippen molar-refractivity contribution in [2.24, 2.45) is 5.92 Å². The van der Waals surface area contributed by atoms with E-state index >= 15 is 0 Å². The van der Waals surface area contributed by atoms with Crippen molar-refractivity contribution in [1.29, 1.82) is 0 Å². The van der Waals surface area contributed by atoms with Crippen LogP contribution in [0.1, 0.15) is 55.8 Å². The summed E-state index contributed by atoms with van der Waals surface area (Å²) >= 11 is 1.38. The Labute approximate surface area is 158 Å². The zero-order chi connectivity index (χ0) is 18.4. The molecule has 138 valence electrons. The minimum Gasteiger partial charge on any atom is -0.462 e. The number of amides is 1. The average Bonchev–Trinajstić information content (AvgIpc) is 3.31. The van der Waals surface area contributed by atoms with E-state index in [2.05, 4.69) is 5.32 Å². The van der Waals surface area contributed by atoms with Gasteiger partial charge in [0.25, 0.3) is 0 Å². The van der Waals surface area contributed by atoms with Gasteiger partial charge in [0, 0.05) is 17.4 Å². The number of rotatable bonds is 7. The Morgan fingerprint density at radius 2 is 1.92 bits per heavy atom. The standard InChI is InChI=1S/C21H25NO3S/c1-2-25-21(24)19-17(16-10-4-3-5-11-16)14-26-20(19)22-18(23)13-12-15-8-6-7-9-15/h3-5,10-11,14-15H,2,6-9,12-13H2,1H3,(H,22,23). The Morgan fingerprint density at radius 1 is 1.19 bits per heavy atom. The molecule has 5 heteroatoms. The van der Waals surface area contributed by atoms with E-state index in [0.717, 1.165) is 17.5 Å². The molecule has 1 saturated carbocycles. The Morgan fingerprint density at radius 3 is 2.62 bits per heavy atom. The monoisotopic (exact) mass is 371 g/mol. The number of benzene rings is 1. The highest BCUT2D eigenvalue weighted by Gasteiger charge is 2.23. The molecule has 0 unspecified atom stereocenters. The molecule has 1 aliphatic carbocycles. The van der Waals surface area contributed by atoms with Crippen LogP contribution in [0, 0.1) is 5.92 Å². The molecule has 0 atom stereocenters. The molecule has 26 heavy (non-hydrogen) atoms. The van der Waals surface area contributed by atoms with E-state index in [4.69, 9.17) is 4.74 Å². The molecular formula is C21H25NO3S. The van der Waals surface area contributed by atoms with Crippen molar-refractivity contribution < 1.29 is 14.3 Å². The van der Waals surface area contributed by atoms with Gasteiger partial charge in [-0.15, -0.1) is 11.3 Å². The number of esters is 1. The third-order valence-corrected chi connectivity index (χ3v) is 5.76. The third-order valence-electron chi connectivity index (χ3n) is 4.86. The van der Waals surface area contributed by atoms with Crippen LogP contribution >= 0.6 is 11.3 Å². The molecular weight excluding hydrogens is 346 g/mol. The van der Waals surface area contributed by atoms with Crippen LogP contribution in [-0.4, -0.2) is 18.5 Å². The van der Waals surface area contributed by atoms with Crippen molar-refractivity contribution in [1.82, 2.24) is 0 Å². The quantitative estimate of drug-likeness (QED) is 0.654. The molecule has 1 amide bonds. The second kappa shape index (κ2) is 8.99. The molecule has 1 N–H and O–H groups in total. The van der Waals surface area contributed by atoms with Gasteiger partial charge in [0.15, 0.2) is 0 Å². The third kappa shape index (κ3) is 4.52. The smallest absolute Gasteiger partial charge is 0.341 e. The lowest BCUT2D eigenvalue weighted by atomic mass is 10.0. The van der Waals surface area contributed by atoms with E-state index in [9.17, 15) is 9.59 Å². The van der Waals surface area contributed by atoms with Crippen LogP contribution in [0.5, 0.6) is 0 Å². The second-order valence-electron chi connectivity index (χ2n) is 6.68. The first-order chi connectivity index (χ1) is 12.7. The number of anilines is 1. The maximum absolute atomic E-state index is 12.5. The van der Waals surface area contributed by atoms with Crippen LogP contribution < -0.4 is 5.32 Å². The Kier molecular flexibility index (Phi) is 6.45. The number of hydrogen-bond acceptors (Lipinski definition) is 4. The predicted molar refractivity (Wildman–Crippen MR) is 106 cm³/mol. The van der Waals surface area contributed by atoms with Crippen LogP contribution in [0.4, 0.5) is 5.00 Å². The van der Waals surface area contributed by atoms with E-state index in [1.807, 2.05) is 35.7 Å². The summed E-state index contributed by atoms with van der Waals surface area (Å²) in [6.07, 6.45) is 6.47. The van der Waals surface area contributed by atoms with E-state index < -0.39 is 5.97 Å². The number of hydrogen-bond donors (Lipinski definition) is 1. The van der Waals surface area contributed by atoms with Crippen molar-refractivity contribution in [3.05, 3.63) is 41.3 Å². The predicted octanol–water partition coefficient (Wildman–Crippen LogP) is 5.50. The normalized spacial score (nSPS) is 14.3. The molecule has 4 nitrogen and oxygen atoms in total. The van der Waals surface area contributed by atoms with Crippen LogP contribution in [0.2, 0.25) is 0 Å². The average molecular weight is 372 g/mol. The molecule has 1 aromatic carbocycles. The maximum Gasteiger partial charge on any atom is 0.341 e. The summed E-state index contributed by atoms with van der Waals surface area (Å²) in [6.45, 7) is 2.09.